The molecule has 0 unspecified atom stereocenters. The van der Waals surface area contributed by atoms with Crippen molar-refractivity contribution in [1.29, 1.82) is 0 Å². The molecule has 0 aromatic heterocycles. The molecule has 0 aliphatic carbocycles. The summed E-state index contributed by atoms with van der Waals surface area (Å²) in [6, 6.07) is 16.5. The van der Waals surface area contributed by atoms with Crippen LogP contribution in [0.5, 0.6) is 5.75 Å². The predicted molar refractivity (Wildman–Crippen MR) is 111 cm³/mol. The number of rotatable bonds is 4. The number of carbonyl (C=O) groups excluding carboxylic acids is 1. The Balaban J connectivity index is 1.55. The van der Waals surface area contributed by atoms with Crippen molar-refractivity contribution in [2.24, 2.45) is 0 Å². The van der Waals surface area contributed by atoms with E-state index in [0.29, 0.717) is 0 Å². The number of ether oxygens (including phenoxy) is 1. The van der Waals surface area contributed by atoms with Gasteiger partial charge in [-0.1, -0.05) is 51.1 Å². The highest BCUT2D eigenvalue weighted by Crippen LogP contribution is 2.31. The minimum absolute atomic E-state index is 0.0148. The zero-order chi connectivity index (χ0) is 19.4. The molecule has 0 spiro atoms. The summed E-state index contributed by atoms with van der Waals surface area (Å²) in [6.07, 6.45) is 0. The lowest BCUT2D eigenvalue weighted by Crippen LogP contribution is -2.50. The fourth-order valence-electron chi connectivity index (χ4n) is 3.48. The van der Waals surface area contributed by atoms with Crippen molar-refractivity contribution in [2.75, 3.05) is 37.7 Å². The van der Waals surface area contributed by atoms with Crippen LogP contribution in [0.1, 0.15) is 31.9 Å². The van der Waals surface area contributed by atoms with E-state index in [0.717, 1.165) is 37.5 Å². The molecule has 4 nitrogen and oxygen atoms in total. The zero-order valence-corrected chi connectivity index (χ0v) is 16.9. The Bertz CT molecular complexity index is 787. The highest BCUT2D eigenvalue weighted by atomic mass is 16.5. The molecule has 27 heavy (non-hydrogen) atoms. The maximum absolute atomic E-state index is 12.6. The fourth-order valence-corrected chi connectivity index (χ4v) is 3.48. The monoisotopic (exact) mass is 366 g/mol. The SMILES string of the molecule is Cc1cccc(N2CCN(C(=O)COc3ccccc3C(C)(C)C)CC2)c1. The number of amides is 1. The number of hydrogen-bond acceptors (Lipinski definition) is 3. The van der Waals surface area contributed by atoms with E-state index in [1.54, 1.807) is 0 Å². The van der Waals surface area contributed by atoms with E-state index in [1.165, 1.54) is 11.3 Å². The topological polar surface area (TPSA) is 32.8 Å². The molecule has 0 saturated carbocycles. The van der Waals surface area contributed by atoms with Gasteiger partial charge >= 0.3 is 0 Å². The number of anilines is 1. The minimum Gasteiger partial charge on any atom is -0.483 e. The lowest BCUT2D eigenvalue weighted by molar-refractivity contribution is -0.133. The van der Waals surface area contributed by atoms with Gasteiger partial charge in [0.15, 0.2) is 6.61 Å². The molecular weight excluding hydrogens is 336 g/mol. The van der Waals surface area contributed by atoms with E-state index >= 15 is 0 Å². The van der Waals surface area contributed by atoms with Gasteiger partial charge in [-0.15, -0.1) is 0 Å². The summed E-state index contributed by atoms with van der Waals surface area (Å²) < 4.78 is 5.90. The van der Waals surface area contributed by atoms with E-state index in [9.17, 15) is 4.79 Å². The molecule has 0 radical (unpaired) electrons. The summed E-state index contributed by atoms with van der Waals surface area (Å²) in [4.78, 5) is 16.9. The largest absolute Gasteiger partial charge is 0.483 e. The molecule has 0 bridgehead atoms. The fraction of sp³-hybridized carbons (Fsp3) is 0.435. The normalized spacial score (nSPS) is 15.0. The van der Waals surface area contributed by atoms with Crippen LogP contribution in [0, 0.1) is 6.92 Å². The van der Waals surface area contributed by atoms with Crippen LogP contribution in [0.4, 0.5) is 5.69 Å². The summed E-state index contributed by atoms with van der Waals surface area (Å²) in [5, 5.41) is 0. The van der Waals surface area contributed by atoms with E-state index in [4.69, 9.17) is 4.74 Å². The number of hydrogen-bond donors (Lipinski definition) is 0. The van der Waals surface area contributed by atoms with Crippen molar-refractivity contribution < 1.29 is 9.53 Å². The van der Waals surface area contributed by atoms with Crippen LogP contribution in [0.2, 0.25) is 0 Å². The van der Waals surface area contributed by atoms with Crippen molar-refractivity contribution in [3.05, 3.63) is 59.7 Å². The Labute approximate surface area is 162 Å². The van der Waals surface area contributed by atoms with Crippen molar-refractivity contribution in [3.8, 4) is 5.75 Å². The van der Waals surface area contributed by atoms with Gasteiger partial charge in [0.25, 0.3) is 5.91 Å². The van der Waals surface area contributed by atoms with Crippen LogP contribution >= 0.6 is 0 Å². The van der Waals surface area contributed by atoms with E-state index in [1.807, 2.05) is 23.1 Å². The first-order valence-corrected chi connectivity index (χ1v) is 9.66. The predicted octanol–water partition coefficient (Wildman–Crippen LogP) is 4.02. The van der Waals surface area contributed by atoms with Gasteiger partial charge in [0.2, 0.25) is 0 Å². The second-order valence-corrected chi connectivity index (χ2v) is 8.24. The number of aryl methyl sites for hydroxylation is 1. The van der Waals surface area contributed by atoms with Gasteiger partial charge in [0, 0.05) is 31.9 Å². The first-order valence-electron chi connectivity index (χ1n) is 9.66. The van der Waals surface area contributed by atoms with Gasteiger partial charge in [0.05, 0.1) is 0 Å². The molecule has 0 atom stereocenters. The summed E-state index contributed by atoms with van der Waals surface area (Å²) in [5.41, 5.74) is 3.61. The van der Waals surface area contributed by atoms with Gasteiger partial charge in [-0.25, -0.2) is 0 Å². The quantitative estimate of drug-likeness (QED) is 0.819. The number of para-hydroxylation sites is 1. The van der Waals surface area contributed by atoms with Crippen LogP contribution in [-0.4, -0.2) is 43.6 Å². The van der Waals surface area contributed by atoms with Gasteiger partial charge in [0.1, 0.15) is 5.75 Å². The van der Waals surface area contributed by atoms with Crippen molar-refractivity contribution >= 4 is 11.6 Å². The molecule has 0 N–H and O–H groups in total. The molecule has 1 amide bonds. The second kappa shape index (κ2) is 8.03. The summed E-state index contributed by atoms with van der Waals surface area (Å²) in [5.74, 6) is 0.861. The first kappa shape index (κ1) is 19.3. The van der Waals surface area contributed by atoms with Crippen LogP contribution in [0.25, 0.3) is 0 Å². The molecule has 1 fully saturated rings. The first-order chi connectivity index (χ1) is 12.8. The number of carbonyl (C=O) groups is 1. The Morgan fingerprint density at radius 3 is 2.37 bits per heavy atom. The van der Waals surface area contributed by atoms with Gasteiger partial charge in [-0.05, 0) is 41.7 Å². The van der Waals surface area contributed by atoms with Crippen molar-refractivity contribution in [3.63, 3.8) is 0 Å². The molecule has 2 aromatic carbocycles. The van der Waals surface area contributed by atoms with Gasteiger partial charge < -0.3 is 14.5 Å². The van der Waals surface area contributed by atoms with Crippen LogP contribution in [0.15, 0.2) is 48.5 Å². The Morgan fingerprint density at radius 2 is 1.70 bits per heavy atom. The van der Waals surface area contributed by atoms with E-state index in [-0.39, 0.29) is 17.9 Å². The van der Waals surface area contributed by atoms with Crippen molar-refractivity contribution in [2.45, 2.75) is 33.1 Å². The lowest BCUT2D eigenvalue weighted by Gasteiger charge is -2.36. The molecule has 1 aliphatic rings. The number of nitrogens with zero attached hydrogens (tertiary/aromatic N) is 2. The third kappa shape index (κ3) is 4.82. The molecular formula is C23H30N2O2. The van der Waals surface area contributed by atoms with Gasteiger partial charge in [-0.3, -0.25) is 4.79 Å². The maximum atomic E-state index is 12.6. The Kier molecular flexibility index (Phi) is 5.73. The van der Waals surface area contributed by atoms with E-state index in [2.05, 4.69) is 62.9 Å². The molecule has 1 saturated heterocycles. The molecule has 144 valence electrons. The maximum Gasteiger partial charge on any atom is 0.260 e. The van der Waals surface area contributed by atoms with Crippen LogP contribution in [0.3, 0.4) is 0 Å². The van der Waals surface area contributed by atoms with E-state index < -0.39 is 0 Å². The highest BCUT2D eigenvalue weighted by molar-refractivity contribution is 5.78. The number of piperazine rings is 1. The zero-order valence-electron chi connectivity index (χ0n) is 16.9. The standard InChI is InChI=1S/C23H30N2O2/c1-18-8-7-9-19(16-18)24-12-14-25(15-13-24)22(26)17-27-21-11-6-5-10-20(21)23(2,3)4/h5-11,16H,12-15,17H2,1-4H3. The minimum atomic E-state index is -0.0148. The van der Waals surface area contributed by atoms with Crippen molar-refractivity contribution in [1.82, 2.24) is 4.90 Å². The summed E-state index contributed by atoms with van der Waals surface area (Å²) >= 11 is 0. The molecule has 1 heterocycles. The summed E-state index contributed by atoms with van der Waals surface area (Å²) in [6.45, 7) is 11.8. The Morgan fingerprint density at radius 1 is 1.00 bits per heavy atom. The molecule has 3 rings (SSSR count). The third-order valence-corrected chi connectivity index (χ3v) is 5.05. The Hall–Kier alpha value is -2.49. The average Bonchev–Trinajstić information content (AvgIpc) is 2.66. The van der Waals surface area contributed by atoms with Gasteiger partial charge in [-0.2, -0.15) is 0 Å². The molecule has 4 heteroatoms. The van der Waals surface area contributed by atoms with Crippen LogP contribution in [-0.2, 0) is 10.2 Å². The second-order valence-electron chi connectivity index (χ2n) is 8.24. The average molecular weight is 367 g/mol. The smallest absolute Gasteiger partial charge is 0.260 e. The lowest BCUT2D eigenvalue weighted by atomic mass is 9.86. The highest BCUT2D eigenvalue weighted by Gasteiger charge is 2.23. The number of benzene rings is 2. The summed E-state index contributed by atoms with van der Waals surface area (Å²) in [7, 11) is 0. The molecule has 2 aromatic rings. The van der Waals surface area contributed by atoms with Crippen LogP contribution < -0.4 is 9.64 Å². The molecule has 1 aliphatic heterocycles. The third-order valence-electron chi connectivity index (χ3n) is 5.05.